The van der Waals surface area contributed by atoms with Gasteiger partial charge in [-0.15, -0.1) is 0 Å². The summed E-state index contributed by atoms with van der Waals surface area (Å²) in [4.78, 5) is 36.4. The molecule has 7 heteroatoms. The molecule has 2 rings (SSSR count). The van der Waals surface area contributed by atoms with E-state index in [1.807, 2.05) is 31.2 Å². The van der Waals surface area contributed by atoms with Gasteiger partial charge in [0.2, 0.25) is 11.8 Å². The minimum atomic E-state index is -1.58. The number of carboxylic acid groups (broad SMARTS) is 1. The van der Waals surface area contributed by atoms with E-state index < -0.39 is 18.1 Å². The Hall–Kier alpha value is -2.41. The Labute approximate surface area is 146 Å². The van der Waals surface area contributed by atoms with Crippen LogP contribution in [0.1, 0.15) is 36.8 Å². The molecule has 25 heavy (non-hydrogen) atoms. The van der Waals surface area contributed by atoms with Crippen molar-refractivity contribution < 1.29 is 24.6 Å². The average molecular weight is 348 g/mol. The van der Waals surface area contributed by atoms with Crippen LogP contribution in [0.4, 0.5) is 0 Å². The summed E-state index contributed by atoms with van der Waals surface area (Å²) in [5.74, 6) is -1.86. The number of aryl methyl sites for hydroxylation is 1. The second-order valence-electron chi connectivity index (χ2n) is 6.34. The van der Waals surface area contributed by atoms with Gasteiger partial charge in [0.05, 0.1) is 6.04 Å². The van der Waals surface area contributed by atoms with Gasteiger partial charge in [0.15, 0.2) is 6.10 Å². The first-order chi connectivity index (χ1) is 11.9. The quantitative estimate of drug-likeness (QED) is 0.676. The van der Waals surface area contributed by atoms with E-state index in [0.717, 1.165) is 11.1 Å². The Kier molecular flexibility index (Phi) is 6.52. The van der Waals surface area contributed by atoms with Crippen LogP contribution in [0, 0.1) is 6.92 Å². The minimum Gasteiger partial charge on any atom is -0.479 e. The SMILES string of the molecule is Cc1ccc(CNC(=O)CCC(=O)N2CCC[C@H]2C(O)C(=O)O)cc1. The molecule has 0 radical (unpaired) electrons. The van der Waals surface area contributed by atoms with Gasteiger partial charge >= 0.3 is 5.97 Å². The van der Waals surface area contributed by atoms with Crippen LogP contribution in [-0.4, -0.2) is 51.6 Å². The maximum atomic E-state index is 12.2. The molecule has 0 saturated carbocycles. The molecule has 0 spiro atoms. The summed E-state index contributed by atoms with van der Waals surface area (Å²) in [5.41, 5.74) is 2.12. The van der Waals surface area contributed by atoms with E-state index in [1.165, 1.54) is 4.90 Å². The Balaban J connectivity index is 1.77. The first-order valence-corrected chi connectivity index (χ1v) is 8.41. The van der Waals surface area contributed by atoms with E-state index >= 15 is 0 Å². The standard InChI is InChI=1S/C18H24N2O5/c1-12-4-6-13(7-5-12)11-19-15(21)8-9-16(22)20-10-2-3-14(20)17(23)18(24)25/h4-7,14,17,23H,2-3,8-11H2,1H3,(H,19,21)(H,24,25)/t14-,17?/m0/s1. The van der Waals surface area contributed by atoms with Crippen molar-refractivity contribution in [2.24, 2.45) is 0 Å². The molecule has 1 aromatic carbocycles. The largest absolute Gasteiger partial charge is 0.479 e. The van der Waals surface area contributed by atoms with Crippen LogP contribution in [0.5, 0.6) is 0 Å². The zero-order chi connectivity index (χ0) is 18.4. The van der Waals surface area contributed by atoms with Crippen LogP contribution in [0.25, 0.3) is 0 Å². The fourth-order valence-corrected chi connectivity index (χ4v) is 2.95. The molecule has 0 aromatic heterocycles. The molecule has 1 aliphatic heterocycles. The number of amides is 2. The highest BCUT2D eigenvalue weighted by molar-refractivity contribution is 5.84. The number of carbonyl (C=O) groups is 3. The lowest BCUT2D eigenvalue weighted by Crippen LogP contribution is -2.46. The second kappa shape index (κ2) is 8.62. The van der Waals surface area contributed by atoms with Crippen LogP contribution < -0.4 is 5.32 Å². The fourth-order valence-electron chi connectivity index (χ4n) is 2.95. The van der Waals surface area contributed by atoms with Gasteiger partial charge in [-0.25, -0.2) is 4.79 Å². The fraction of sp³-hybridized carbons (Fsp3) is 0.500. The normalized spacial score (nSPS) is 18.0. The van der Waals surface area contributed by atoms with E-state index in [0.29, 0.717) is 25.9 Å². The van der Waals surface area contributed by atoms with Crippen molar-refractivity contribution in [2.45, 2.75) is 51.3 Å². The summed E-state index contributed by atoms with van der Waals surface area (Å²) < 4.78 is 0. The smallest absolute Gasteiger partial charge is 0.334 e. The number of carbonyl (C=O) groups excluding carboxylic acids is 2. The highest BCUT2D eigenvalue weighted by Gasteiger charge is 2.37. The molecule has 1 aliphatic rings. The molecule has 1 saturated heterocycles. The highest BCUT2D eigenvalue weighted by atomic mass is 16.4. The van der Waals surface area contributed by atoms with E-state index in [9.17, 15) is 19.5 Å². The third-order valence-corrected chi connectivity index (χ3v) is 4.41. The number of nitrogens with one attached hydrogen (secondary N) is 1. The number of benzene rings is 1. The third-order valence-electron chi connectivity index (χ3n) is 4.41. The third kappa shape index (κ3) is 5.29. The molecule has 2 amide bonds. The van der Waals surface area contributed by atoms with Crippen LogP contribution in [0.3, 0.4) is 0 Å². The summed E-state index contributed by atoms with van der Waals surface area (Å²) in [6.07, 6.45) is -0.430. The molecule has 3 N–H and O–H groups in total. The van der Waals surface area contributed by atoms with Crippen molar-refractivity contribution in [1.29, 1.82) is 0 Å². The van der Waals surface area contributed by atoms with Gasteiger partial charge in [-0.2, -0.15) is 0 Å². The average Bonchev–Trinajstić information content (AvgIpc) is 3.08. The number of hydrogen-bond acceptors (Lipinski definition) is 4. The summed E-state index contributed by atoms with van der Waals surface area (Å²) in [6.45, 7) is 2.80. The molecule has 0 bridgehead atoms. The van der Waals surface area contributed by atoms with Gasteiger partial charge in [0, 0.05) is 25.9 Å². The summed E-state index contributed by atoms with van der Waals surface area (Å²) in [6, 6.07) is 7.09. The molecule has 136 valence electrons. The van der Waals surface area contributed by atoms with Crippen molar-refractivity contribution in [2.75, 3.05) is 6.54 Å². The topological polar surface area (TPSA) is 107 Å². The first kappa shape index (κ1) is 18.9. The molecule has 1 fully saturated rings. The van der Waals surface area contributed by atoms with Crippen LogP contribution in [0.2, 0.25) is 0 Å². The second-order valence-corrected chi connectivity index (χ2v) is 6.34. The Morgan fingerprint density at radius 2 is 1.92 bits per heavy atom. The molecule has 7 nitrogen and oxygen atoms in total. The summed E-state index contributed by atoms with van der Waals surface area (Å²) in [5, 5.41) is 21.3. The van der Waals surface area contributed by atoms with Gasteiger partial charge in [-0.3, -0.25) is 9.59 Å². The molecule has 1 aromatic rings. The summed E-state index contributed by atoms with van der Waals surface area (Å²) >= 11 is 0. The summed E-state index contributed by atoms with van der Waals surface area (Å²) in [7, 11) is 0. The number of aliphatic hydroxyl groups is 1. The van der Waals surface area contributed by atoms with Crippen molar-refractivity contribution in [3.05, 3.63) is 35.4 Å². The maximum Gasteiger partial charge on any atom is 0.334 e. The van der Waals surface area contributed by atoms with Gasteiger partial charge in [0.25, 0.3) is 0 Å². The van der Waals surface area contributed by atoms with Gasteiger partial charge in [-0.05, 0) is 25.3 Å². The minimum absolute atomic E-state index is 0.00255. The zero-order valence-corrected chi connectivity index (χ0v) is 14.3. The molecular weight excluding hydrogens is 324 g/mol. The lowest BCUT2D eigenvalue weighted by Gasteiger charge is -2.26. The Morgan fingerprint density at radius 3 is 2.56 bits per heavy atom. The zero-order valence-electron chi connectivity index (χ0n) is 14.3. The monoisotopic (exact) mass is 348 g/mol. The number of aliphatic hydroxyl groups excluding tert-OH is 1. The van der Waals surface area contributed by atoms with Crippen molar-refractivity contribution >= 4 is 17.8 Å². The van der Waals surface area contributed by atoms with E-state index in [-0.39, 0.29) is 24.7 Å². The van der Waals surface area contributed by atoms with E-state index in [1.54, 1.807) is 0 Å². The maximum absolute atomic E-state index is 12.2. The number of aliphatic carboxylic acids is 1. The van der Waals surface area contributed by atoms with Crippen molar-refractivity contribution in [3.63, 3.8) is 0 Å². The molecule has 1 unspecified atom stereocenters. The number of nitrogens with zero attached hydrogens (tertiary/aromatic N) is 1. The number of likely N-dealkylation sites (tertiary alicyclic amines) is 1. The predicted molar refractivity (Wildman–Crippen MR) is 90.6 cm³/mol. The Bertz CT molecular complexity index is 629. The highest BCUT2D eigenvalue weighted by Crippen LogP contribution is 2.21. The Morgan fingerprint density at radius 1 is 1.24 bits per heavy atom. The van der Waals surface area contributed by atoms with Gasteiger partial charge in [0.1, 0.15) is 0 Å². The lowest BCUT2D eigenvalue weighted by atomic mass is 10.1. The first-order valence-electron chi connectivity index (χ1n) is 8.41. The molecular formula is C18H24N2O5. The van der Waals surface area contributed by atoms with Gasteiger partial charge < -0.3 is 20.4 Å². The van der Waals surface area contributed by atoms with E-state index in [4.69, 9.17) is 5.11 Å². The molecule has 2 atom stereocenters. The van der Waals surface area contributed by atoms with Crippen molar-refractivity contribution in [1.82, 2.24) is 10.2 Å². The molecule has 0 aliphatic carbocycles. The van der Waals surface area contributed by atoms with Crippen molar-refractivity contribution in [3.8, 4) is 0 Å². The lowest BCUT2D eigenvalue weighted by molar-refractivity contribution is -0.152. The van der Waals surface area contributed by atoms with E-state index in [2.05, 4.69) is 5.32 Å². The number of hydrogen-bond donors (Lipinski definition) is 3. The van der Waals surface area contributed by atoms with Crippen LogP contribution in [0.15, 0.2) is 24.3 Å². The van der Waals surface area contributed by atoms with Crippen LogP contribution in [-0.2, 0) is 20.9 Å². The number of rotatable bonds is 7. The number of carboxylic acids is 1. The molecule has 1 heterocycles. The van der Waals surface area contributed by atoms with Gasteiger partial charge in [-0.1, -0.05) is 29.8 Å². The van der Waals surface area contributed by atoms with Crippen LogP contribution >= 0.6 is 0 Å². The predicted octanol–water partition coefficient (Wildman–Crippen LogP) is 0.828.